The predicted octanol–water partition coefficient (Wildman–Crippen LogP) is 1.64. The van der Waals surface area contributed by atoms with Crippen molar-refractivity contribution in [3.05, 3.63) is 35.9 Å². The van der Waals surface area contributed by atoms with Crippen LogP contribution in [0, 0.1) is 0 Å². The minimum atomic E-state index is 0.0128. The van der Waals surface area contributed by atoms with Gasteiger partial charge in [0.2, 0.25) is 17.7 Å². The number of nitrogen functional groups attached to an aromatic ring is 1. The van der Waals surface area contributed by atoms with Crippen LogP contribution in [0.3, 0.4) is 0 Å². The Morgan fingerprint density at radius 2 is 2.12 bits per heavy atom. The zero-order valence-corrected chi connectivity index (χ0v) is 13.4. The molecule has 0 atom stereocenters. The van der Waals surface area contributed by atoms with E-state index < -0.39 is 0 Å². The molecule has 124 valence electrons. The second-order valence-corrected chi connectivity index (χ2v) is 5.41. The summed E-state index contributed by atoms with van der Waals surface area (Å²) in [5, 5.41) is 17.2. The van der Waals surface area contributed by atoms with Gasteiger partial charge in [-0.2, -0.15) is 15.2 Å². The zero-order valence-electron chi connectivity index (χ0n) is 13.4. The van der Waals surface area contributed by atoms with Crippen LogP contribution in [0.4, 0.5) is 11.8 Å². The second-order valence-electron chi connectivity index (χ2n) is 5.41. The molecule has 1 aromatic carbocycles. The average molecular weight is 326 g/mol. The summed E-state index contributed by atoms with van der Waals surface area (Å²) in [5.74, 6) is 1.76. The number of aromatic amines is 1. The summed E-state index contributed by atoms with van der Waals surface area (Å²) < 4.78 is 5.56. The second kappa shape index (κ2) is 6.90. The Labute approximate surface area is 138 Å². The molecule has 0 aliphatic rings. The lowest BCUT2D eigenvalue weighted by Crippen LogP contribution is -2.10. The van der Waals surface area contributed by atoms with E-state index in [2.05, 4.69) is 35.9 Å². The van der Waals surface area contributed by atoms with Crippen molar-refractivity contribution in [3.63, 3.8) is 0 Å². The van der Waals surface area contributed by atoms with Gasteiger partial charge in [-0.25, -0.2) is 0 Å². The first-order chi connectivity index (χ1) is 11.6. The number of aromatic nitrogens is 6. The Bertz CT molecular complexity index is 803. The third kappa shape index (κ3) is 3.94. The lowest BCUT2D eigenvalue weighted by molar-refractivity contribution is 0.233. The van der Waals surface area contributed by atoms with Gasteiger partial charge in [-0.3, -0.25) is 0 Å². The molecule has 2 heterocycles. The van der Waals surface area contributed by atoms with E-state index in [0.717, 1.165) is 11.1 Å². The van der Waals surface area contributed by atoms with Crippen LogP contribution in [0.25, 0.3) is 11.4 Å². The first-order valence-electron chi connectivity index (χ1n) is 7.48. The summed E-state index contributed by atoms with van der Waals surface area (Å²) in [5.41, 5.74) is 7.65. The Kier molecular flexibility index (Phi) is 4.50. The third-order valence-electron chi connectivity index (χ3n) is 3.08. The largest absolute Gasteiger partial charge is 0.475 e. The monoisotopic (exact) mass is 326 g/mol. The van der Waals surface area contributed by atoms with Crippen molar-refractivity contribution in [1.29, 1.82) is 0 Å². The van der Waals surface area contributed by atoms with Gasteiger partial charge in [-0.15, -0.1) is 10.2 Å². The molecular formula is C15H18N8O. The fourth-order valence-corrected chi connectivity index (χ4v) is 2.13. The van der Waals surface area contributed by atoms with E-state index in [-0.39, 0.29) is 12.1 Å². The van der Waals surface area contributed by atoms with Crippen LogP contribution < -0.4 is 15.8 Å². The van der Waals surface area contributed by atoms with Gasteiger partial charge in [-0.1, -0.05) is 18.2 Å². The summed E-state index contributed by atoms with van der Waals surface area (Å²) in [6, 6.07) is 9.55. The van der Waals surface area contributed by atoms with Gasteiger partial charge in [0.25, 0.3) is 0 Å². The number of rotatable bonds is 6. The Morgan fingerprint density at radius 1 is 1.25 bits per heavy atom. The molecule has 3 aromatic rings. The average Bonchev–Trinajstić information content (AvgIpc) is 3.06. The lowest BCUT2D eigenvalue weighted by Gasteiger charge is -2.11. The number of benzene rings is 1. The van der Waals surface area contributed by atoms with Gasteiger partial charge < -0.3 is 15.8 Å². The highest BCUT2D eigenvalue weighted by atomic mass is 16.5. The molecule has 24 heavy (non-hydrogen) atoms. The molecule has 4 N–H and O–H groups in total. The molecule has 0 spiro atoms. The maximum atomic E-state index is 5.72. The fraction of sp³-hybridized carbons (Fsp3) is 0.267. The normalized spacial score (nSPS) is 10.8. The van der Waals surface area contributed by atoms with Crippen molar-refractivity contribution in [2.24, 2.45) is 0 Å². The summed E-state index contributed by atoms with van der Waals surface area (Å²) in [7, 11) is 0. The maximum Gasteiger partial charge on any atom is 0.225 e. The van der Waals surface area contributed by atoms with Crippen molar-refractivity contribution in [2.75, 3.05) is 11.1 Å². The van der Waals surface area contributed by atoms with Crippen LogP contribution >= 0.6 is 0 Å². The fourth-order valence-electron chi connectivity index (χ4n) is 2.13. The molecule has 0 aliphatic carbocycles. The smallest absolute Gasteiger partial charge is 0.225 e. The molecule has 0 saturated carbocycles. The number of nitrogens with zero attached hydrogens (tertiary/aromatic N) is 5. The van der Waals surface area contributed by atoms with E-state index in [1.807, 2.05) is 38.1 Å². The van der Waals surface area contributed by atoms with Crippen LogP contribution in [0.15, 0.2) is 30.3 Å². The highest BCUT2D eigenvalue weighted by molar-refractivity contribution is 5.55. The number of nitrogens with two attached hydrogens (primary N) is 1. The van der Waals surface area contributed by atoms with E-state index >= 15 is 0 Å². The van der Waals surface area contributed by atoms with Gasteiger partial charge in [0.05, 0.1) is 6.10 Å². The van der Waals surface area contributed by atoms with Crippen molar-refractivity contribution in [1.82, 2.24) is 30.6 Å². The van der Waals surface area contributed by atoms with Gasteiger partial charge in [-0.05, 0) is 30.7 Å². The number of hydrogen-bond donors (Lipinski definition) is 3. The molecule has 0 fully saturated rings. The van der Waals surface area contributed by atoms with Gasteiger partial charge in [0.15, 0.2) is 0 Å². The van der Waals surface area contributed by atoms with Crippen LogP contribution in [0.1, 0.15) is 19.4 Å². The molecule has 0 bridgehead atoms. The maximum absolute atomic E-state index is 5.72. The minimum Gasteiger partial charge on any atom is -0.475 e. The van der Waals surface area contributed by atoms with E-state index in [0.29, 0.717) is 24.1 Å². The van der Waals surface area contributed by atoms with Crippen LogP contribution in [0.5, 0.6) is 5.88 Å². The summed E-state index contributed by atoms with van der Waals surface area (Å²) in [6.45, 7) is 4.41. The number of H-pyrrole nitrogens is 1. The molecule has 0 saturated heterocycles. The van der Waals surface area contributed by atoms with Gasteiger partial charge >= 0.3 is 0 Å². The van der Waals surface area contributed by atoms with Crippen molar-refractivity contribution < 1.29 is 4.74 Å². The van der Waals surface area contributed by atoms with Crippen molar-refractivity contribution in [3.8, 4) is 17.3 Å². The lowest BCUT2D eigenvalue weighted by atomic mass is 10.1. The topological polar surface area (TPSA) is 128 Å². The number of anilines is 2. The molecule has 3 rings (SSSR count). The molecule has 0 radical (unpaired) electrons. The third-order valence-corrected chi connectivity index (χ3v) is 3.08. The van der Waals surface area contributed by atoms with E-state index in [9.17, 15) is 0 Å². The first-order valence-corrected chi connectivity index (χ1v) is 7.48. The van der Waals surface area contributed by atoms with Crippen LogP contribution in [0.2, 0.25) is 0 Å². The van der Waals surface area contributed by atoms with Crippen molar-refractivity contribution in [2.45, 2.75) is 26.5 Å². The SMILES string of the molecule is CC(C)Oc1cc(NCc2cccc(-c3nn[nH]n3)c2)nc(N)n1. The zero-order chi connectivity index (χ0) is 16.9. The molecule has 0 aliphatic heterocycles. The van der Waals surface area contributed by atoms with Gasteiger partial charge in [0, 0.05) is 18.2 Å². The highest BCUT2D eigenvalue weighted by Crippen LogP contribution is 2.18. The Balaban J connectivity index is 1.72. The number of ether oxygens (including phenoxy) is 1. The molecule has 9 nitrogen and oxygen atoms in total. The summed E-state index contributed by atoms with van der Waals surface area (Å²) >= 11 is 0. The first kappa shape index (κ1) is 15.7. The quantitative estimate of drug-likeness (QED) is 0.623. The van der Waals surface area contributed by atoms with Gasteiger partial charge in [0.1, 0.15) is 5.82 Å². The molecule has 9 heteroatoms. The number of hydrogen-bond acceptors (Lipinski definition) is 8. The Morgan fingerprint density at radius 3 is 2.88 bits per heavy atom. The molecular weight excluding hydrogens is 308 g/mol. The molecule has 0 amide bonds. The predicted molar refractivity (Wildman–Crippen MR) is 89.1 cm³/mol. The standard InChI is InChI=1S/C15H18N8O/c1-9(2)24-13-7-12(18-15(16)19-13)17-8-10-4-3-5-11(6-10)14-20-22-23-21-14/h3-7,9H,8H2,1-2H3,(H3,16,17,18,19)(H,20,21,22,23). The molecule has 0 unspecified atom stereocenters. The minimum absolute atomic E-state index is 0.0128. The van der Waals surface area contributed by atoms with E-state index in [4.69, 9.17) is 10.5 Å². The van der Waals surface area contributed by atoms with E-state index in [1.54, 1.807) is 6.07 Å². The summed E-state index contributed by atoms with van der Waals surface area (Å²) in [6.07, 6.45) is 0.0128. The van der Waals surface area contributed by atoms with E-state index in [1.165, 1.54) is 0 Å². The highest BCUT2D eigenvalue weighted by Gasteiger charge is 2.07. The Hall–Kier alpha value is -3.23. The number of tetrazole rings is 1. The molecule has 2 aromatic heterocycles. The van der Waals surface area contributed by atoms with Crippen LogP contribution in [-0.2, 0) is 6.54 Å². The van der Waals surface area contributed by atoms with Crippen molar-refractivity contribution >= 4 is 11.8 Å². The summed E-state index contributed by atoms with van der Waals surface area (Å²) in [4.78, 5) is 8.22. The van der Waals surface area contributed by atoms with Crippen LogP contribution in [-0.4, -0.2) is 36.7 Å². The number of nitrogens with one attached hydrogen (secondary N) is 2.